The van der Waals surface area contributed by atoms with Gasteiger partial charge in [-0.1, -0.05) is 19.8 Å². The van der Waals surface area contributed by atoms with Gasteiger partial charge < -0.3 is 19.6 Å². The molecule has 0 aromatic carbocycles. The van der Waals surface area contributed by atoms with Gasteiger partial charge in [0.15, 0.2) is 0 Å². The van der Waals surface area contributed by atoms with Crippen LogP contribution in [0.15, 0.2) is 0 Å². The maximum absolute atomic E-state index is 12.4. The van der Waals surface area contributed by atoms with Gasteiger partial charge in [-0.3, -0.25) is 9.59 Å². The third-order valence-corrected chi connectivity index (χ3v) is 3.79. The summed E-state index contributed by atoms with van der Waals surface area (Å²) in [7, 11) is 2.88. The summed E-state index contributed by atoms with van der Waals surface area (Å²) >= 11 is 0. The predicted octanol–water partition coefficient (Wildman–Crippen LogP) is 1.18. The Kier molecular flexibility index (Phi) is 6.45. The van der Waals surface area contributed by atoms with Crippen LogP contribution in [0.25, 0.3) is 0 Å². The zero-order valence-corrected chi connectivity index (χ0v) is 12.9. The summed E-state index contributed by atoms with van der Waals surface area (Å²) in [6.07, 6.45) is 3.69. The molecule has 2 amide bonds. The summed E-state index contributed by atoms with van der Waals surface area (Å²) < 4.78 is 4.63. The fourth-order valence-corrected chi connectivity index (χ4v) is 2.70. The van der Waals surface area contributed by atoms with Gasteiger partial charge in [0.1, 0.15) is 6.54 Å². The smallest absolute Gasteiger partial charge is 0.323 e. The molecule has 7 heteroatoms. The number of carbonyl (C=O) groups is 3. The average molecular weight is 300 g/mol. The summed E-state index contributed by atoms with van der Waals surface area (Å²) in [6.45, 7) is 1.57. The van der Waals surface area contributed by atoms with Crippen LogP contribution in [0.3, 0.4) is 0 Å². The lowest BCUT2D eigenvalue weighted by Crippen LogP contribution is -2.49. The Bertz CT molecular complexity index is 393. The molecule has 1 aliphatic carbocycles. The number of esters is 1. The Morgan fingerprint density at radius 1 is 1.29 bits per heavy atom. The van der Waals surface area contributed by atoms with Crippen molar-refractivity contribution in [3.8, 4) is 0 Å². The third-order valence-electron chi connectivity index (χ3n) is 3.79. The van der Waals surface area contributed by atoms with Crippen LogP contribution in [-0.2, 0) is 14.3 Å². The Morgan fingerprint density at radius 2 is 1.86 bits per heavy atom. The second kappa shape index (κ2) is 7.85. The monoisotopic (exact) mass is 300 g/mol. The number of nitrogens with zero attached hydrogens (tertiary/aromatic N) is 2. The summed E-state index contributed by atoms with van der Waals surface area (Å²) in [5.41, 5.74) is 0. The number of rotatable bonds is 6. The number of carbonyl (C=O) groups excluding carboxylic acids is 2. The van der Waals surface area contributed by atoms with E-state index in [-0.39, 0.29) is 31.1 Å². The highest BCUT2D eigenvalue weighted by Gasteiger charge is 2.31. The van der Waals surface area contributed by atoms with E-state index in [0.717, 1.165) is 25.7 Å². The van der Waals surface area contributed by atoms with E-state index >= 15 is 0 Å². The van der Waals surface area contributed by atoms with Gasteiger partial charge in [0.25, 0.3) is 0 Å². The molecule has 1 unspecified atom stereocenters. The number of urea groups is 1. The van der Waals surface area contributed by atoms with E-state index in [1.54, 1.807) is 14.0 Å². The van der Waals surface area contributed by atoms with Crippen molar-refractivity contribution in [2.24, 2.45) is 5.92 Å². The first-order valence-electron chi connectivity index (χ1n) is 7.18. The van der Waals surface area contributed by atoms with Crippen LogP contribution in [0.2, 0.25) is 0 Å². The molecule has 0 aliphatic heterocycles. The molecular formula is C14H24N2O5. The number of carboxylic acid groups (broad SMARTS) is 1. The lowest BCUT2D eigenvalue weighted by molar-refractivity contribution is -0.145. The molecule has 120 valence electrons. The van der Waals surface area contributed by atoms with Gasteiger partial charge in [-0.25, -0.2) is 4.79 Å². The normalized spacial score (nSPS) is 16.3. The van der Waals surface area contributed by atoms with Gasteiger partial charge >= 0.3 is 18.0 Å². The fourth-order valence-electron chi connectivity index (χ4n) is 2.70. The predicted molar refractivity (Wildman–Crippen MR) is 75.8 cm³/mol. The SMILES string of the molecule is COC(=O)C(C)CN(C)C(=O)N(CC(=O)O)C1CCCC1. The van der Waals surface area contributed by atoms with Crippen LogP contribution < -0.4 is 0 Å². The van der Waals surface area contributed by atoms with Crippen LogP contribution in [0.4, 0.5) is 4.79 Å². The summed E-state index contributed by atoms with van der Waals surface area (Å²) in [6, 6.07) is -0.371. The largest absolute Gasteiger partial charge is 0.480 e. The van der Waals surface area contributed by atoms with E-state index in [2.05, 4.69) is 4.74 Å². The molecule has 21 heavy (non-hydrogen) atoms. The molecule has 0 spiro atoms. The standard InChI is InChI=1S/C14H24N2O5/c1-10(13(19)21-3)8-15(2)14(20)16(9-12(17)18)11-6-4-5-7-11/h10-11H,4-9H2,1-3H3,(H,17,18). The lowest BCUT2D eigenvalue weighted by Gasteiger charge is -2.32. The van der Waals surface area contributed by atoms with Crippen molar-refractivity contribution >= 4 is 18.0 Å². The highest BCUT2D eigenvalue weighted by molar-refractivity contribution is 5.81. The molecule has 0 radical (unpaired) electrons. The Balaban J connectivity index is 2.69. The molecule has 1 saturated carbocycles. The lowest BCUT2D eigenvalue weighted by atomic mass is 10.1. The van der Waals surface area contributed by atoms with Gasteiger partial charge in [-0.05, 0) is 12.8 Å². The second-order valence-electron chi connectivity index (χ2n) is 5.55. The number of methoxy groups -OCH3 is 1. The van der Waals surface area contributed by atoms with Crippen molar-refractivity contribution in [1.29, 1.82) is 0 Å². The molecule has 0 aromatic rings. The first-order valence-corrected chi connectivity index (χ1v) is 7.18. The molecule has 1 N–H and O–H groups in total. The molecule has 0 bridgehead atoms. The fraction of sp³-hybridized carbons (Fsp3) is 0.786. The minimum atomic E-state index is -1.02. The number of amides is 2. The number of carboxylic acids is 1. The van der Waals surface area contributed by atoms with Gasteiger partial charge in [-0.2, -0.15) is 0 Å². The minimum absolute atomic E-state index is 0.0236. The number of hydrogen-bond donors (Lipinski definition) is 1. The van der Waals surface area contributed by atoms with E-state index in [0.29, 0.717) is 0 Å². The molecule has 1 atom stereocenters. The summed E-state index contributed by atoms with van der Waals surface area (Å²) in [4.78, 5) is 37.6. The highest BCUT2D eigenvalue weighted by atomic mass is 16.5. The van der Waals surface area contributed by atoms with E-state index in [1.807, 2.05) is 0 Å². The second-order valence-corrected chi connectivity index (χ2v) is 5.55. The van der Waals surface area contributed by atoms with Crippen LogP contribution in [0.1, 0.15) is 32.6 Å². The van der Waals surface area contributed by atoms with Crippen molar-refractivity contribution in [3.05, 3.63) is 0 Å². The molecule has 1 rings (SSSR count). The van der Waals surface area contributed by atoms with E-state index in [9.17, 15) is 14.4 Å². The average Bonchev–Trinajstić information content (AvgIpc) is 2.96. The van der Waals surface area contributed by atoms with Crippen molar-refractivity contribution in [2.75, 3.05) is 27.2 Å². The Labute approximate surface area is 124 Å². The molecule has 1 fully saturated rings. The van der Waals surface area contributed by atoms with Crippen molar-refractivity contribution in [1.82, 2.24) is 9.80 Å². The number of hydrogen-bond acceptors (Lipinski definition) is 4. The molecule has 0 heterocycles. The quantitative estimate of drug-likeness (QED) is 0.744. The highest BCUT2D eigenvalue weighted by Crippen LogP contribution is 2.24. The number of aliphatic carboxylic acids is 1. The van der Waals surface area contributed by atoms with E-state index in [1.165, 1.54) is 16.9 Å². The first-order chi connectivity index (χ1) is 9.86. The maximum Gasteiger partial charge on any atom is 0.323 e. The molecule has 1 aliphatic rings. The van der Waals surface area contributed by atoms with Crippen molar-refractivity contribution < 1.29 is 24.2 Å². The molecule has 7 nitrogen and oxygen atoms in total. The van der Waals surface area contributed by atoms with Crippen LogP contribution >= 0.6 is 0 Å². The summed E-state index contributed by atoms with van der Waals surface area (Å²) in [5.74, 6) is -1.86. The van der Waals surface area contributed by atoms with Crippen LogP contribution in [0.5, 0.6) is 0 Å². The van der Waals surface area contributed by atoms with Crippen LogP contribution in [0, 0.1) is 5.92 Å². The van der Waals surface area contributed by atoms with E-state index in [4.69, 9.17) is 5.11 Å². The molecular weight excluding hydrogens is 276 g/mol. The third kappa shape index (κ3) is 4.91. The van der Waals surface area contributed by atoms with Gasteiger partial charge in [0.05, 0.1) is 13.0 Å². The first kappa shape index (κ1) is 17.3. The number of ether oxygens (including phenoxy) is 1. The Hall–Kier alpha value is -1.79. The van der Waals surface area contributed by atoms with E-state index < -0.39 is 11.9 Å². The van der Waals surface area contributed by atoms with Crippen molar-refractivity contribution in [3.63, 3.8) is 0 Å². The van der Waals surface area contributed by atoms with Crippen LogP contribution in [-0.4, -0.2) is 66.2 Å². The van der Waals surface area contributed by atoms with Crippen molar-refractivity contribution in [2.45, 2.75) is 38.6 Å². The topological polar surface area (TPSA) is 87.2 Å². The molecule has 0 saturated heterocycles. The minimum Gasteiger partial charge on any atom is -0.480 e. The van der Waals surface area contributed by atoms with Gasteiger partial charge in [0.2, 0.25) is 0 Å². The van der Waals surface area contributed by atoms with Gasteiger partial charge in [0, 0.05) is 19.6 Å². The zero-order chi connectivity index (χ0) is 16.0. The summed E-state index contributed by atoms with van der Waals surface area (Å²) in [5, 5.41) is 9.00. The van der Waals surface area contributed by atoms with Gasteiger partial charge in [-0.15, -0.1) is 0 Å². The Morgan fingerprint density at radius 3 is 2.33 bits per heavy atom. The maximum atomic E-state index is 12.4. The molecule has 0 aromatic heterocycles. The zero-order valence-electron chi connectivity index (χ0n) is 12.9.